The topological polar surface area (TPSA) is 55.8 Å². The third-order valence-corrected chi connectivity index (χ3v) is 6.34. The van der Waals surface area contributed by atoms with Crippen molar-refractivity contribution < 1.29 is 19.4 Å². The molecule has 0 unspecified atom stereocenters. The summed E-state index contributed by atoms with van der Waals surface area (Å²) in [5.74, 6) is 1.66. The SMILES string of the molecule is COC(=O)C=Cc1ccc(Oc2c(-c3ccccc3C(C)C)sc3cc(O)ccc23)cc1. The first kappa shape index (κ1) is 21.7. The maximum Gasteiger partial charge on any atom is 0.330 e. The highest BCUT2D eigenvalue weighted by atomic mass is 32.1. The molecule has 4 nitrogen and oxygen atoms in total. The fourth-order valence-corrected chi connectivity index (χ4v) is 4.76. The number of aromatic hydroxyl groups is 1. The van der Waals surface area contributed by atoms with Gasteiger partial charge in [0.25, 0.3) is 0 Å². The molecule has 0 atom stereocenters. The molecule has 0 spiro atoms. The minimum Gasteiger partial charge on any atom is -0.508 e. The lowest BCUT2D eigenvalue weighted by Gasteiger charge is -2.14. The van der Waals surface area contributed by atoms with Crippen LogP contribution >= 0.6 is 11.3 Å². The molecule has 0 radical (unpaired) electrons. The van der Waals surface area contributed by atoms with Crippen LogP contribution in [0.3, 0.4) is 0 Å². The monoisotopic (exact) mass is 444 g/mol. The molecule has 5 heteroatoms. The van der Waals surface area contributed by atoms with Gasteiger partial charge in [-0.15, -0.1) is 11.3 Å². The van der Waals surface area contributed by atoms with Crippen LogP contribution in [0.25, 0.3) is 26.6 Å². The van der Waals surface area contributed by atoms with Crippen LogP contribution in [0.15, 0.2) is 72.8 Å². The third-order valence-electron chi connectivity index (χ3n) is 5.17. The number of hydrogen-bond acceptors (Lipinski definition) is 5. The molecule has 4 rings (SSSR count). The predicted molar refractivity (Wildman–Crippen MR) is 131 cm³/mol. The molecule has 0 aliphatic heterocycles. The van der Waals surface area contributed by atoms with E-state index in [-0.39, 0.29) is 5.75 Å². The van der Waals surface area contributed by atoms with Crippen molar-refractivity contribution in [3.63, 3.8) is 0 Å². The number of carbonyl (C=O) groups excluding carboxylic acids is 1. The molecule has 1 aromatic heterocycles. The summed E-state index contributed by atoms with van der Waals surface area (Å²) < 4.78 is 12.0. The number of methoxy groups -OCH3 is 1. The van der Waals surface area contributed by atoms with Crippen LogP contribution < -0.4 is 4.74 Å². The van der Waals surface area contributed by atoms with Gasteiger partial charge in [0.1, 0.15) is 11.5 Å². The number of phenols is 1. The minimum atomic E-state index is -0.396. The van der Waals surface area contributed by atoms with E-state index in [4.69, 9.17) is 4.74 Å². The number of benzene rings is 3. The van der Waals surface area contributed by atoms with E-state index in [1.165, 1.54) is 18.7 Å². The Kier molecular flexibility index (Phi) is 6.28. The van der Waals surface area contributed by atoms with Gasteiger partial charge in [-0.05, 0) is 59.0 Å². The highest BCUT2D eigenvalue weighted by Gasteiger charge is 2.19. The van der Waals surface area contributed by atoms with Gasteiger partial charge in [0.2, 0.25) is 0 Å². The maximum absolute atomic E-state index is 11.3. The van der Waals surface area contributed by atoms with Gasteiger partial charge in [-0.2, -0.15) is 0 Å². The van der Waals surface area contributed by atoms with E-state index in [2.05, 4.69) is 36.8 Å². The van der Waals surface area contributed by atoms with Crippen molar-refractivity contribution in [1.29, 1.82) is 0 Å². The standard InChI is InChI=1S/C27H24O4S/c1-17(2)21-6-4-5-7-22(21)27-26(23-14-11-19(28)16-24(23)32-27)31-20-12-8-18(9-13-20)10-15-25(29)30-3/h4-17,28H,1-3H3. The van der Waals surface area contributed by atoms with Crippen molar-refractivity contribution in [2.75, 3.05) is 7.11 Å². The molecule has 0 bridgehead atoms. The highest BCUT2D eigenvalue weighted by Crippen LogP contribution is 2.48. The molecule has 0 aliphatic rings. The van der Waals surface area contributed by atoms with Crippen LogP contribution in [-0.4, -0.2) is 18.2 Å². The van der Waals surface area contributed by atoms with Gasteiger partial charge >= 0.3 is 5.97 Å². The summed E-state index contributed by atoms with van der Waals surface area (Å²) in [6.07, 6.45) is 3.08. The number of phenolic OH excluding ortho intramolecular Hbond substituents is 1. The predicted octanol–water partition coefficient (Wildman–Crippen LogP) is 7.38. The first-order chi connectivity index (χ1) is 15.5. The van der Waals surface area contributed by atoms with E-state index in [9.17, 15) is 9.90 Å². The molecule has 1 N–H and O–H groups in total. The number of thiophene rings is 1. The van der Waals surface area contributed by atoms with Crippen molar-refractivity contribution >= 4 is 33.5 Å². The van der Waals surface area contributed by atoms with E-state index in [0.717, 1.165) is 31.8 Å². The lowest BCUT2D eigenvalue weighted by molar-refractivity contribution is -0.134. The van der Waals surface area contributed by atoms with Gasteiger partial charge in [-0.3, -0.25) is 0 Å². The second-order valence-corrected chi connectivity index (χ2v) is 8.76. The Morgan fingerprint density at radius 1 is 1.03 bits per heavy atom. The number of carbonyl (C=O) groups is 1. The summed E-state index contributed by atoms with van der Waals surface area (Å²) >= 11 is 1.61. The smallest absolute Gasteiger partial charge is 0.330 e. The van der Waals surface area contributed by atoms with Crippen LogP contribution in [0.1, 0.15) is 30.9 Å². The van der Waals surface area contributed by atoms with Crippen molar-refractivity contribution in [2.45, 2.75) is 19.8 Å². The van der Waals surface area contributed by atoms with Crippen molar-refractivity contribution in [2.24, 2.45) is 0 Å². The largest absolute Gasteiger partial charge is 0.508 e. The Bertz CT molecular complexity index is 1280. The second-order valence-electron chi connectivity index (χ2n) is 7.71. The van der Waals surface area contributed by atoms with Crippen molar-refractivity contribution in [3.05, 3.63) is 83.9 Å². The third kappa shape index (κ3) is 4.53. The quantitative estimate of drug-likeness (QED) is 0.249. The van der Waals surface area contributed by atoms with E-state index in [0.29, 0.717) is 11.7 Å². The van der Waals surface area contributed by atoms with Gasteiger partial charge in [0, 0.05) is 16.2 Å². The molecule has 162 valence electrons. The van der Waals surface area contributed by atoms with E-state index >= 15 is 0 Å². The first-order valence-electron chi connectivity index (χ1n) is 10.3. The van der Waals surface area contributed by atoms with Crippen LogP contribution in [0.4, 0.5) is 0 Å². The van der Waals surface area contributed by atoms with Crippen molar-refractivity contribution in [3.8, 4) is 27.7 Å². The molecule has 0 amide bonds. The van der Waals surface area contributed by atoms with Crippen molar-refractivity contribution in [1.82, 2.24) is 0 Å². The summed E-state index contributed by atoms with van der Waals surface area (Å²) in [7, 11) is 1.35. The van der Waals surface area contributed by atoms with E-state index in [1.807, 2.05) is 36.4 Å². The molecule has 4 aromatic rings. The molecule has 0 saturated carbocycles. The van der Waals surface area contributed by atoms with E-state index < -0.39 is 5.97 Å². The number of hydrogen-bond donors (Lipinski definition) is 1. The zero-order chi connectivity index (χ0) is 22.7. The normalized spacial score (nSPS) is 11.4. The number of rotatable bonds is 6. The molecule has 0 fully saturated rings. The molecule has 32 heavy (non-hydrogen) atoms. The lowest BCUT2D eigenvalue weighted by atomic mass is 9.96. The number of esters is 1. The zero-order valence-corrected chi connectivity index (χ0v) is 19.0. The van der Waals surface area contributed by atoms with Crippen LogP contribution in [-0.2, 0) is 9.53 Å². The van der Waals surface area contributed by atoms with Crippen LogP contribution in [0.2, 0.25) is 0 Å². The maximum atomic E-state index is 11.3. The summed E-state index contributed by atoms with van der Waals surface area (Å²) in [5, 5.41) is 11.0. The van der Waals surface area contributed by atoms with Gasteiger partial charge in [-0.25, -0.2) is 4.79 Å². The lowest BCUT2D eigenvalue weighted by Crippen LogP contribution is -1.93. The minimum absolute atomic E-state index is 0.232. The summed E-state index contributed by atoms with van der Waals surface area (Å²) in [6.45, 7) is 4.36. The highest BCUT2D eigenvalue weighted by molar-refractivity contribution is 7.22. The van der Waals surface area contributed by atoms with E-state index in [1.54, 1.807) is 29.5 Å². The number of fused-ring (bicyclic) bond motifs is 1. The fraction of sp³-hybridized carbons (Fsp3) is 0.148. The van der Waals surface area contributed by atoms with Gasteiger partial charge in [0.15, 0.2) is 5.75 Å². The van der Waals surface area contributed by atoms with Crippen LogP contribution in [0, 0.1) is 0 Å². The second kappa shape index (κ2) is 9.28. The Morgan fingerprint density at radius 3 is 2.50 bits per heavy atom. The zero-order valence-electron chi connectivity index (χ0n) is 18.2. The molecule has 0 aliphatic carbocycles. The Balaban J connectivity index is 1.76. The molecular weight excluding hydrogens is 420 g/mol. The summed E-state index contributed by atoms with van der Waals surface area (Å²) in [6, 6.07) is 21.2. The van der Waals surface area contributed by atoms with Gasteiger partial charge in [-0.1, -0.05) is 50.2 Å². The Morgan fingerprint density at radius 2 is 1.78 bits per heavy atom. The summed E-state index contributed by atoms with van der Waals surface area (Å²) in [5.41, 5.74) is 3.25. The molecular formula is C27H24O4S. The van der Waals surface area contributed by atoms with Crippen LogP contribution in [0.5, 0.6) is 17.2 Å². The molecule has 3 aromatic carbocycles. The fourth-order valence-electron chi connectivity index (χ4n) is 3.54. The average Bonchev–Trinajstić information content (AvgIpc) is 3.15. The average molecular weight is 445 g/mol. The Hall–Kier alpha value is -3.57. The van der Waals surface area contributed by atoms with Gasteiger partial charge in [0.05, 0.1) is 12.0 Å². The molecule has 1 heterocycles. The molecule has 0 saturated heterocycles. The van der Waals surface area contributed by atoms with Gasteiger partial charge < -0.3 is 14.6 Å². The summed E-state index contributed by atoms with van der Waals surface area (Å²) in [4.78, 5) is 12.3. The number of ether oxygens (including phenoxy) is 2. The Labute approximate surface area is 191 Å². The first-order valence-corrected chi connectivity index (χ1v) is 11.2.